The average Bonchev–Trinajstić information content (AvgIpc) is 3.52. The molecule has 33 heavy (non-hydrogen) atoms. The lowest BCUT2D eigenvalue weighted by atomic mass is 10.2. The Morgan fingerprint density at radius 1 is 0.909 bits per heavy atom. The molecule has 0 bridgehead atoms. The zero-order valence-corrected chi connectivity index (χ0v) is 20.1. The SMILES string of the molecule is CCN(CC)CCCOc1ccc(-c2nc3ccc(OCCCN4CCCC4)cc3o2)cc1. The summed E-state index contributed by atoms with van der Waals surface area (Å²) in [5, 5.41) is 0. The van der Waals surface area contributed by atoms with Gasteiger partial charge in [-0.25, -0.2) is 4.98 Å². The van der Waals surface area contributed by atoms with Gasteiger partial charge in [-0.15, -0.1) is 0 Å². The maximum absolute atomic E-state index is 6.03. The Morgan fingerprint density at radius 3 is 2.36 bits per heavy atom. The maximum Gasteiger partial charge on any atom is 0.227 e. The molecule has 0 unspecified atom stereocenters. The Labute approximate surface area is 197 Å². The van der Waals surface area contributed by atoms with E-state index in [9.17, 15) is 0 Å². The Balaban J connectivity index is 1.27. The van der Waals surface area contributed by atoms with Gasteiger partial charge in [-0.1, -0.05) is 13.8 Å². The first-order chi connectivity index (χ1) is 16.2. The summed E-state index contributed by atoms with van der Waals surface area (Å²) in [4.78, 5) is 9.56. The van der Waals surface area contributed by atoms with Crippen molar-refractivity contribution in [1.29, 1.82) is 0 Å². The maximum atomic E-state index is 6.03. The van der Waals surface area contributed by atoms with Crippen molar-refractivity contribution in [2.45, 2.75) is 39.5 Å². The summed E-state index contributed by atoms with van der Waals surface area (Å²) in [5.74, 6) is 2.32. The van der Waals surface area contributed by atoms with Crippen LogP contribution in [-0.2, 0) is 0 Å². The molecule has 2 heterocycles. The number of hydrogen-bond acceptors (Lipinski definition) is 6. The lowest BCUT2D eigenvalue weighted by Crippen LogP contribution is -2.25. The van der Waals surface area contributed by atoms with Crippen LogP contribution in [0.15, 0.2) is 46.9 Å². The molecule has 0 amide bonds. The molecule has 4 rings (SSSR count). The van der Waals surface area contributed by atoms with Crippen LogP contribution in [-0.4, -0.2) is 67.3 Å². The average molecular weight is 452 g/mol. The third-order valence-electron chi connectivity index (χ3n) is 6.33. The van der Waals surface area contributed by atoms with E-state index in [1.165, 1.54) is 25.9 Å². The normalized spacial score (nSPS) is 14.4. The quantitative estimate of drug-likeness (QED) is 0.321. The summed E-state index contributed by atoms with van der Waals surface area (Å²) in [5.41, 5.74) is 2.53. The van der Waals surface area contributed by atoms with Crippen molar-refractivity contribution >= 4 is 11.1 Å². The first-order valence-corrected chi connectivity index (χ1v) is 12.5. The molecule has 178 valence electrons. The van der Waals surface area contributed by atoms with Crippen molar-refractivity contribution in [3.8, 4) is 23.0 Å². The Bertz CT molecular complexity index is 976. The number of likely N-dealkylation sites (tertiary alicyclic amines) is 1. The minimum absolute atomic E-state index is 0.615. The zero-order valence-electron chi connectivity index (χ0n) is 20.1. The fourth-order valence-electron chi connectivity index (χ4n) is 4.31. The van der Waals surface area contributed by atoms with Gasteiger partial charge < -0.3 is 23.7 Å². The lowest BCUT2D eigenvalue weighted by Gasteiger charge is -2.17. The molecule has 0 spiro atoms. The van der Waals surface area contributed by atoms with Gasteiger partial charge >= 0.3 is 0 Å². The Morgan fingerprint density at radius 2 is 1.61 bits per heavy atom. The van der Waals surface area contributed by atoms with Crippen LogP contribution in [0.25, 0.3) is 22.6 Å². The molecule has 1 saturated heterocycles. The van der Waals surface area contributed by atoms with Crippen LogP contribution < -0.4 is 9.47 Å². The van der Waals surface area contributed by atoms with E-state index in [0.717, 1.165) is 80.4 Å². The standard InChI is InChI=1S/C27H37N3O3/c1-3-29(4-2)17-7-19-31-23-11-9-22(10-12-23)27-28-25-14-13-24(21-26(25)33-27)32-20-8-18-30-15-5-6-16-30/h9-14,21H,3-8,15-20H2,1-2H3. The first kappa shape index (κ1) is 23.6. The number of benzene rings is 2. The van der Waals surface area contributed by atoms with Crippen molar-refractivity contribution in [1.82, 2.24) is 14.8 Å². The second-order valence-corrected chi connectivity index (χ2v) is 8.65. The van der Waals surface area contributed by atoms with E-state index < -0.39 is 0 Å². The summed E-state index contributed by atoms with van der Waals surface area (Å²) < 4.78 is 17.9. The number of nitrogens with zero attached hydrogens (tertiary/aromatic N) is 3. The molecule has 1 aliphatic rings. The highest BCUT2D eigenvalue weighted by atomic mass is 16.5. The van der Waals surface area contributed by atoms with Gasteiger partial charge in [0.15, 0.2) is 5.58 Å². The van der Waals surface area contributed by atoms with Gasteiger partial charge in [0.2, 0.25) is 5.89 Å². The second-order valence-electron chi connectivity index (χ2n) is 8.65. The fourth-order valence-corrected chi connectivity index (χ4v) is 4.31. The Kier molecular flexibility index (Phi) is 8.61. The van der Waals surface area contributed by atoms with Gasteiger partial charge in [-0.3, -0.25) is 0 Å². The van der Waals surface area contributed by atoms with E-state index in [4.69, 9.17) is 13.9 Å². The van der Waals surface area contributed by atoms with E-state index >= 15 is 0 Å². The minimum Gasteiger partial charge on any atom is -0.494 e. The van der Waals surface area contributed by atoms with Gasteiger partial charge in [0, 0.05) is 24.7 Å². The highest BCUT2D eigenvalue weighted by Crippen LogP contribution is 2.28. The van der Waals surface area contributed by atoms with Crippen molar-refractivity contribution in [3.05, 3.63) is 42.5 Å². The van der Waals surface area contributed by atoms with Crippen LogP contribution >= 0.6 is 0 Å². The minimum atomic E-state index is 0.615. The van der Waals surface area contributed by atoms with Crippen LogP contribution in [0.2, 0.25) is 0 Å². The molecule has 3 aromatic rings. The van der Waals surface area contributed by atoms with Crippen LogP contribution in [0.4, 0.5) is 0 Å². The van der Waals surface area contributed by atoms with Crippen LogP contribution in [0.5, 0.6) is 11.5 Å². The molecule has 2 aromatic carbocycles. The highest BCUT2D eigenvalue weighted by molar-refractivity contribution is 5.77. The monoisotopic (exact) mass is 451 g/mol. The summed E-state index contributed by atoms with van der Waals surface area (Å²) in [6, 6.07) is 13.8. The van der Waals surface area contributed by atoms with E-state index in [1.807, 2.05) is 42.5 Å². The van der Waals surface area contributed by atoms with Gasteiger partial charge in [0.1, 0.15) is 17.0 Å². The van der Waals surface area contributed by atoms with Gasteiger partial charge in [0.05, 0.1) is 13.2 Å². The zero-order chi connectivity index (χ0) is 22.9. The van der Waals surface area contributed by atoms with Crippen LogP contribution in [0.3, 0.4) is 0 Å². The highest BCUT2D eigenvalue weighted by Gasteiger charge is 2.12. The molecular formula is C27H37N3O3. The molecule has 0 saturated carbocycles. The molecule has 0 aliphatic carbocycles. The van der Waals surface area contributed by atoms with Crippen LogP contribution in [0, 0.1) is 0 Å². The third-order valence-corrected chi connectivity index (χ3v) is 6.33. The molecule has 1 aromatic heterocycles. The van der Waals surface area contributed by atoms with E-state index in [0.29, 0.717) is 5.89 Å². The van der Waals surface area contributed by atoms with Gasteiger partial charge in [-0.05, 0) is 88.3 Å². The third kappa shape index (κ3) is 6.71. The molecule has 1 aliphatic heterocycles. The summed E-state index contributed by atoms with van der Waals surface area (Å²) in [6.45, 7) is 12.7. The number of rotatable bonds is 13. The number of aromatic nitrogens is 1. The molecule has 0 radical (unpaired) electrons. The predicted octanol–water partition coefficient (Wildman–Crippen LogP) is 5.47. The largest absolute Gasteiger partial charge is 0.494 e. The van der Waals surface area contributed by atoms with Gasteiger partial charge in [-0.2, -0.15) is 0 Å². The van der Waals surface area contributed by atoms with E-state index in [1.54, 1.807) is 0 Å². The molecule has 6 heteroatoms. The fraction of sp³-hybridized carbons (Fsp3) is 0.519. The number of fused-ring (bicyclic) bond motifs is 1. The molecule has 1 fully saturated rings. The van der Waals surface area contributed by atoms with Crippen molar-refractivity contribution in [3.63, 3.8) is 0 Å². The Hall–Kier alpha value is -2.57. The molecule has 6 nitrogen and oxygen atoms in total. The van der Waals surface area contributed by atoms with Crippen molar-refractivity contribution < 1.29 is 13.9 Å². The summed E-state index contributed by atoms with van der Waals surface area (Å²) in [7, 11) is 0. The predicted molar refractivity (Wildman–Crippen MR) is 133 cm³/mol. The molecule has 0 N–H and O–H groups in total. The number of ether oxygens (including phenoxy) is 2. The number of hydrogen-bond donors (Lipinski definition) is 0. The van der Waals surface area contributed by atoms with Gasteiger partial charge in [0.25, 0.3) is 0 Å². The number of oxazole rings is 1. The van der Waals surface area contributed by atoms with Crippen LogP contribution in [0.1, 0.15) is 39.5 Å². The smallest absolute Gasteiger partial charge is 0.227 e. The second kappa shape index (κ2) is 12.1. The van der Waals surface area contributed by atoms with E-state index in [2.05, 4.69) is 28.6 Å². The topological polar surface area (TPSA) is 51.0 Å². The van der Waals surface area contributed by atoms with Crippen molar-refractivity contribution in [2.75, 3.05) is 52.5 Å². The molecule has 0 atom stereocenters. The molecular weight excluding hydrogens is 414 g/mol. The van der Waals surface area contributed by atoms with E-state index in [-0.39, 0.29) is 0 Å². The summed E-state index contributed by atoms with van der Waals surface area (Å²) in [6.07, 6.45) is 4.73. The lowest BCUT2D eigenvalue weighted by molar-refractivity contribution is 0.249. The first-order valence-electron chi connectivity index (χ1n) is 12.5. The summed E-state index contributed by atoms with van der Waals surface area (Å²) >= 11 is 0. The van der Waals surface area contributed by atoms with Crippen molar-refractivity contribution in [2.24, 2.45) is 0 Å².